The van der Waals surface area contributed by atoms with E-state index in [4.69, 9.17) is 9.47 Å². The van der Waals surface area contributed by atoms with Crippen LogP contribution in [0.3, 0.4) is 0 Å². The van der Waals surface area contributed by atoms with Crippen molar-refractivity contribution in [1.82, 2.24) is 5.32 Å². The van der Waals surface area contributed by atoms with Crippen molar-refractivity contribution in [3.05, 3.63) is 12.2 Å². The number of allylic oxidation sites excluding steroid dienone is 2. The van der Waals surface area contributed by atoms with Crippen LogP contribution in [0.2, 0.25) is 0 Å². The Kier molecular flexibility index (Phi) is 48.2. The second-order valence-electron chi connectivity index (χ2n) is 21.5. The van der Waals surface area contributed by atoms with Crippen molar-refractivity contribution in [3.8, 4) is 0 Å². The molecule has 9 nitrogen and oxygen atoms in total. The van der Waals surface area contributed by atoms with Crippen LogP contribution in [-0.4, -0.2) is 87.5 Å². The van der Waals surface area contributed by atoms with Crippen molar-refractivity contribution in [2.75, 3.05) is 13.2 Å². The highest BCUT2D eigenvalue weighted by Crippen LogP contribution is 2.23. The molecule has 9 heteroatoms. The number of carbonyl (C=O) groups excluding carboxylic acids is 1. The maximum atomic E-state index is 13.1. The smallest absolute Gasteiger partial charge is 0.220 e. The van der Waals surface area contributed by atoms with Crippen LogP contribution in [0.4, 0.5) is 0 Å². The Hall–Kier alpha value is -1.07. The van der Waals surface area contributed by atoms with E-state index < -0.39 is 49.5 Å². The van der Waals surface area contributed by atoms with Gasteiger partial charge in [0.2, 0.25) is 5.91 Å². The summed E-state index contributed by atoms with van der Waals surface area (Å²) in [6.07, 6.45) is 55.3. The lowest BCUT2D eigenvalue weighted by Crippen LogP contribution is -2.60. The second-order valence-corrected chi connectivity index (χ2v) is 21.5. The molecule has 7 unspecified atom stereocenters. The summed E-state index contributed by atoms with van der Waals surface area (Å²) in [5.74, 6) is -0.143. The summed E-state index contributed by atoms with van der Waals surface area (Å²) in [6, 6.07) is -0.719. The second kappa shape index (κ2) is 50.5. The molecule has 1 rings (SSSR count). The number of unbranched alkanes of at least 4 members (excludes halogenated alkanes) is 41. The van der Waals surface area contributed by atoms with Gasteiger partial charge in [-0.15, -0.1) is 0 Å². The lowest BCUT2D eigenvalue weighted by Gasteiger charge is -2.40. The number of ether oxygens (including phenoxy) is 2. The molecule has 0 aromatic carbocycles. The molecule has 1 aliphatic rings. The number of aliphatic hydroxyl groups excluding tert-OH is 5. The molecule has 0 radical (unpaired) electrons. The zero-order chi connectivity index (χ0) is 50.1. The standard InChI is InChI=1S/C60H117NO8/c1-3-5-7-9-11-13-15-17-19-21-23-25-27-28-29-31-33-35-37-39-41-43-45-47-49-54(63)53(52-68-60-59(67)58(66)57(65)55(51-62)69-60)61-56(64)50-48-46-44-42-40-38-36-34-32-30-26-24-22-20-18-16-14-12-10-8-6-4-2/h30,32,53-55,57-60,62-63,65-67H,3-29,31,33-52H2,1-2H3,(H,61,64)/b32-30-. The fraction of sp³-hybridized carbons (Fsp3) is 0.950. The Morgan fingerprint density at radius 1 is 0.478 bits per heavy atom. The first-order chi connectivity index (χ1) is 33.8. The van der Waals surface area contributed by atoms with Crippen LogP contribution in [0.15, 0.2) is 12.2 Å². The summed E-state index contributed by atoms with van der Waals surface area (Å²) in [6.45, 7) is 3.88. The minimum absolute atomic E-state index is 0.135. The van der Waals surface area contributed by atoms with Gasteiger partial charge in [0.1, 0.15) is 24.4 Å². The van der Waals surface area contributed by atoms with E-state index in [0.29, 0.717) is 12.8 Å². The first-order valence-corrected chi connectivity index (χ1v) is 30.4. The summed E-state index contributed by atoms with van der Waals surface area (Å²) in [4.78, 5) is 13.1. The summed E-state index contributed by atoms with van der Waals surface area (Å²) in [5.41, 5.74) is 0. The minimum Gasteiger partial charge on any atom is -0.394 e. The minimum atomic E-state index is -1.55. The van der Waals surface area contributed by atoms with E-state index in [2.05, 4.69) is 31.3 Å². The third-order valence-electron chi connectivity index (χ3n) is 14.9. The molecule has 1 amide bonds. The average molecular weight is 981 g/mol. The molecule has 410 valence electrons. The monoisotopic (exact) mass is 980 g/mol. The van der Waals surface area contributed by atoms with Crippen LogP contribution in [0.25, 0.3) is 0 Å². The molecule has 0 bridgehead atoms. The van der Waals surface area contributed by atoms with E-state index >= 15 is 0 Å². The van der Waals surface area contributed by atoms with Crippen molar-refractivity contribution < 1.29 is 39.8 Å². The number of rotatable bonds is 53. The highest BCUT2D eigenvalue weighted by molar-refractivity contribution is 5.76. The maximum absolute atomic E-state index is 13.1. The van der Waals surface area contributed by atoms with Gasteiger partial charge >= 0.3 is 0 Å². The Morgan fingerprint density at radius 2 is 0.812 bits per heavy atom. The van der Waals surface area contributed by atoms with E-state index in [1.807, 2.05) is 0 Å². The van der Waals surface area contributed by atoms with Gasteiger partial charge in [0.15, 0.2) is 6.29 Å². The van der Waals surface area contributed by atoms with Gasteiger partial charge in [-0.05, 0) is 38.5 Å². The van der Waals surface area contributed by atoms with Crippen molar-refractivity contribution in [3.63, 3.8) is 0 Å². The lowest BCUT2D eigenvalue weighted by atomic mass is 9.99. The molecular formula is C60H117NO8. The number of hydrogen-bond donors (Lipinski definition) is 6. The summed E-state index contributed by atoms with van der Waals surface area (Å²) < 4.78 is 11.3. The molecule has 0 aromatic heterocycles. The quantitative estimate of drug-likeness (QED) is 0.0261. The van der Waals surface area contributed by atoms with Crippen molar-refractivity contribution in [1.29, 1.82) is 0 Å². The zero-order valence-corrected chi connectivity index (χ0v) is 45.6. The molecule has 0 saturated carbocycles. The van der Waals surface area contributed by atoms with Gasteiger partial charge in [-0.25, -0.2) is 0 Å². The van der Waals surface area contributed by atoms with Gasteiger partial charge in [0.05, 0.1) is 25.4 Å². The first-order valence-electron chi connectivity index (χ1n) is 30.4. The zero-order valence-electron chi connectivity index (χ0n) is 45.6. The average Bonchev–Trinajstić information content (AvgIpc) is 3.35. The van der Waals surface area contributed by atoms with Crippen LogP contribution >= 0.6 is 0 Å². The first kappa shape index (κ1) is 65.9. The van der Waals surface area contributed by atoms with Crippen molar-refractivity contribution in [2.24, 2.45) is 0 Å². The maximum Gasteiger partial charge on any atom is 0.220 e. The summed E-state index contributed by atoms with van der Waals surface area (Å²) in [7, 11) is 0. The molecule has 7 atom stereocenters. The predicted octanol–water partition coefficient (Wildman–Crippen LogP) is 15.2. The molecule has 0 spiro atoms. The third kappa shape index (κ3) is 40.1. The van der Waals surface area contributed by atoms with Crippen molar-refractivity contribution >= 4 is 5.91 Å². The van der Waals surface area contributed by atoms with Crippen LogP contribution in [0.5, 0.6) is 0 Å². The highest BCUT2D eigenvalue weighted by atomic mass is 16.7. The number of hydrogen-bond acceptors (Lipinski definition) is 8. The molecule has 69 heavy (non-hydrogen) atoms. The Balaban J connectivity index is 2.18. The van der Waals surface area contributed by atoms with Gasteiger partial charge in [-0.2, -0.15) is 0 Å². The van der Waals surface area contributed by atoms with Gasteiger partial charge in [0.25, 0.3) is 0 Å². The Bertz CT molecular complexity index is 1090. The summed E-state index contributed by atoms with van der Waals surface area (Å²) in [5, 5.41) is 54.8. The SMILES string of the molecule is CCCCCCCCCCCCC/C=C\CCCCCCCCCC(=O)NC(COC1OC(CO)C(O)C(O)C1O)C(O)CCCCCCCCCCCCCCCCCCCCCCCCCC. The van der Waals surface area contributed by atoms with E-state index in [1.54, 1.807) is 0 Å². The van der Waals surface area contributed by atoms with Gasteiger partial charge < -0.3 is 40.3 Å². The molecular weight excluding hydrogens is 863 g/mol. The Labute approximate surface area is 426 Å². The third-order valence-corrected chi connectivity index (χ3v) is 14.9. The van der Waals surface area contributed by atoms with Crippen molar-refractivity contribution in [2.45, 2.75) is 352 Å². The fourth-order valence-corrected chi connectivity index (χ4v) is 10.0. The molecule has 0 aliphatic carbocycles. The number of carbonyl (C=O) groups is 1. The molecule has 6 N–H and O–H groups in total. The molecule has 1 fully saturated rings. The number of amides is 1. The molecule has 1 saturated heterocycles. The van der Waals surface area contributed by atoms with Crippen LogP contribution in [0.1, 0.15) is 309 Å². The van der Waals surface area contributed by atoms with Crippen LogP contribution < -0.4 is 5.32 Å². The number of nitrogens with one attached hydrogen (secondary N) is 1. The van der Waals surface area contributed by atoms with Crippen LogP contribution in [-0.2, 0) is 14.3 Å². The van der Waals surface area contributed by atoms with E-state index in [9.17, 15) is 30.3 Å². The molecule has 1 aliphatic heterocycles. The summed E-state index contributed by atoms with van der Waals surface area (Å²) >= 11 is 0. The van der Waals surface area contributed by atoms with E-state index in [0.717, 1.165) is 38.5 Å². The van der Waals surface area contributed by atoms with Gasteiger partial charge in [0, 0.05) is 6.42 Å². The lowest BCUT2D eigenvalue weighted by molar-refractivity contribution is -0.302. The van der Waals surface area contributed by atoms with E-state index in [-0.39, 0.29) is 12.5 Å². The van der Waals surface area contributed by atoms with Gasteiger partial charge in [-0.1, -0.05) is 276 Å². The predicted molar refractivity (Wildman–Crippen MR) is 291 cm³/mol. The van der Waals surface area contributed by atoms with E-state index in [1.165, 1.54) is 244 Å². The Morgan fingerprint density at radius 3 is 1.17 bits per heavy atom. The van der Waals surface area contributed by atoms with Gasteiger partial charge in [-0.3, -0.25) is 4.79 Å². The largest absolute Gasteiger partial charge is 0.394 e. The topological polar surface area (TPSA) is 149 Å². The highest BCUT2D eigenvalue weighted by Gasteiger charge is 2.44. The fourth-order valence-electron chi connectivity index (χ4n) is 10.0. The molecule has 1 heterocycles. The van der Waals surface area contributed by atoms with Crippen LogP contribution in [0, 0.1) is 0 Å². The molecule has 0 aromatic rings. The normalized spacial score (nSPS) is 19.4. The number of aliphatic hydroxyl groups is 5.